The van der Waals surface area contributed by atoms with Gasteiger partial charge in [-0.15, -0.1) is 0 Å². The van der Waals surface area contributed by atoms with E-state index in [9.17, 15) is 24.9 Å². The Morgan fingerprint density at radius 1 is 0.846 bits per heavy atom. The highest BCUT2D eigenvalue weighted by molar-refractivity contribution is 6.00. The zero-order valence-corrected chi connectivity index (χ0v) is 22.8. The van der Waals surface area contributed by atoms with E-state index < -0.39 is 18.4 Å². The second-order valence-corrected chi connectivity index (χ2v) is 9.05. The summed E-state index contributed by atoms with van der Waals surface area (Å²) in [4.78, 5) is 24.5. The van der Waals surface area contributed by atoms with Crippen molar-refractivity contribution >= 4 is 17.9 Å². The lowest BCUT2D eigenvalue weighted by Gasteiger charge is -2.35. The van der Waals surface area contributed by atoms with Gasteiger partial charge in [-0.3, -0.25) is 9.59 Å². The van der Waals surface area contributed by atoms with Crippen LogP contribution in [0.4, 0.5) is 0 Å². The maximum absolute atomic E-state index is 13.4. The van der Waals surface area contributed by atoms with E-state index in [-0.39, 0.29) is 46.3 Å². The largest absolute Gasteiger partial charge is 0.502 e. The number of ether oxygens (including phenoxy) is 4. The molecule has 212 valence electrons. The van der Waals surface area contributed by atoms with E-state index in [1.165, 1.54) is 35.4 Å². The van der Waals surface area contributed by atoms with Crippen molar-refractivity contribution in [2.45, 2.75) is 25.7 Å². The topological polar surface area (TPSA) is 156 Å². The number of aliphatic hydroxyl groups excluding tert-OH is 1. The van der Waals surface area contributed by atoms with Gasteiger partial charge in [-0.05, 0) is 48.2 Å². The zero-order chi connectivity index (χ0) is 28.7. The van der Waals surface area contributed by atoms with Gasteiger partial charge in [0.2, 0.25) is 23.3 Å². The van der Waals surface area contributed by atoms with Gasteiger partial charge in [0, 0.05) is 43.0 Å². The number of aliphatic hydroxyl groups is 1. The van der Waals surface area contributed by atoms with Gasteiger partial charge >= 0.3 is 0 Å². The van der Waals surface area contributed by atoms with E-state index in [1.54, 1.807) is 24.3 Å². The Labute approximate surface area is 227 Å². The smallest absolute Gasteiger partial charge is 0.247 e. The predicted octanol–water partition coefficient (Wildman–Crippen LogP) is 2.30. The molecular weight excluding hydrogens is 508 g/mol. The minimum absolute atomic E-state index is 0.110. The summed E-state index contributed by atoms with van der Waals surface area (Å²) in [6, 6.07) is 4.79. The van der Waals surface area contributed by atoms with Crippen molar-refractivity contribution in [2.75, 3.05) is 48.1 Å². The number of methoxy groups -OCH3 is 4. The number of hydrogen-bond acceptors (Lipinski definition) is 9. The number of phenolic OH excluding ortho intramolecular Hbond substituents is 2. The van der Waals surface area contributed by atoms with Crippen LogP contribution < -0.4 is 29.6 Å². The molecule has 0 spiro atoms. The SMILES string of the molecule is COc1cc(C2c3c(cc(OC)c(O)c3OC)C=C(C(=O)NCCCCNC(C)=O)C2CO)cc(OC)c1O. The van der Waals surface area contributed by atoms with Crippen LogP contribution in [0.25, 0.3) is 6.08 Å². The molecule has 0 aliphatic heterocycles. The Morgan fingerprint density at radius 3 is 1.92 bits per heavy atom. The molecule has 0 saturated carbocycles. The number of aromatic hydroxyl groups is 2. The third-order valence-electron chi connectivity index (χ3n) is 6.72. The van der Waals surface area contributed by atoms with Gasteiger partial charge in [-0.1, -0.05) is 0 Å². The van der Waals surface area contributed by atoms with Crippen LogP contribution in [0.5, 0.6) is 34.5 Å². The summed E-state index contributed by atoms with van der Waals surface area (Å²) in [5.41, 5.74) is 1.95. The quantitative estimate of drug-likeness (QED) is 0.253. The van der Waals surface area contributed by atoms with Crippen molar-refractivity contribution in [2.24, 2.45) is 5.92 Å². The third-order valence-corrected chi connectivity index (χ3v) is 6.72. The van der Waals surface area contributed by atoms with Gasteiger partial charge in [-0.25, -0.2) is 0 Å². The highest BCUT2D eigenvalue weighted by Gasteiger charge is 2.40. The third kappa shape index (κ3) is 6.14. The number of rotatable bonds is 12. The molecule has 3 rings (SSSR count). The molecule has 0 bridgehead atoms. The Bertz CT molecular complexity index is 1220. The lowest BCUT2D eigenvalue weighted by atomic mass is 9.71. The van der Waals surface area contributed by atoms with Gasteiger partial charge in [0.25, 0.3) is 0 Å². The number of benzene rings is 2. The summed E-state index contributed by atoms with van der Waals surface area (Å²) in [5.74, 6) is -1.79. The average molecular weight is 545 g/mol. The van der Waals surface area contributed by atoms with Crippen LogP contribution in [0.1, 0.15) is 42.4 Å². The Balaban J connectivity index is 2.12. The standard InChI is InChI=1S/C28H36N2O9/c1-15(32)29-8-6-7-9-30-28(35)18-10-16-11-22(38-4)26(34)27(39-5)24(16)23(19(18)14-31)17-12-20(36-2)25(33)21(13-17)37-3/h10-13,19,23,31,33-34H,6-9,14H2,1-5H3,(H,29,32)(H,30,35). The fourth-order valence-corrected chi connectivity index (χ4v) is 4.86. The summed E-state index contributed by atoms with van der Waals surface area (Å²) in [6.07, 6.45) is 2.98. The fraction of sp³-hybridized carbons (Fsp3) is 0.429. The average Bonchev–Trinajstić information content (AvgIpc) is 2.93. The number of phenols is 2. The van der Waals surface area contributed by atoms with E-state index in [4.69, 9.17) is 18.9 Å². The second kappa shape index (κ2) is 13.1. The van der Waals surface area contributed by atoms with Gasteiger partial charge in [0.1, 0.15) is 0 Å². The molecule has 0 heterocycles. The maximum atomic E-state index is 13.4. The van der Waals surface area contributed by atoms with Crippen LogP contribution in [0, 0.1) is 5.92 Å². The summed E-state index contributed by atoms with van der Waals surface area (Å²) in [6.45, 7) is 1.92. The Morgan fingerprint density at radius 2 is 1.41 bits per heavy atom. The lowest BCUT2D eigenvalue weighted by Crippen LogP contribution is -2.35. The summed E-state index contributed by atoms with van der Waals surface area (Å²) >= 11 is 0. The van der Waals surface area contributed by atoms with E-state index in [2.05, 4.69) is 10.6 Å². The maximum Gasteiger partial charge on any atom is 0.247 e. The molecule has 0 aromatic heterocycles. The van der Waals surface area contributed by atoms with Crippen LogP contribution in [0.3, 0.4) is 0 Å². The van der Waals surface area contributed by atoms with Gasteiger partial charge in [-0.2, -0.15) is 0 Å². The van der Waals surface area contributed by atoms with E-state index >= 15 is 0 Å². The number of carbonyl (C=O) groups excluding carboxylic acids is 2. The predicted molar refractivity (Wildman–Crippen MR) is 144 cm³/mol. The molecule has 2 atom stereocenters. The van der Waals surface area contributed by atoms with Crippen molar-refractivity contribution in [3.63, 3.8) is 0 Å². The first-order valence-corrected chi connectivity index (χ1v) is 12.5. The summed E-state index contributed by atoms with van der Waals surface area (Å²) in [5, 5.41) is 37.6. The van der Waals surface area contributed by atoms with Crippen molar-refractivity contribution in [3.05, 3.63) is 40.5 Å². The molecule has 39 heavy (non-hydrogen) atoms. The molecule has 0 radical (unpaired) electrons. The molecule has 1 aliphatic carbocycles. The number of amides is 2. The van der Waals surface area contributed by atoms with Crippen molar-refractivity contribution in [1.29, 1.82) is 0 Å². The number of unbranched alkanes of at least 4 members (excludes halogenated alkanes) is 1. The summed E-state index contributed by atoms with van der Waals surface area (Å²) < 4.78 is 21.6. The van der Waals surface area contributed by atoms with Gasteiger partial charge in [0.05, 0.1) is 35.0 Å². The first-order valence-electron chi connectivity index (χ1n) is 12.5. The van der Waals surface area contributed by atoms with Crippen LogP contribution in [-0.4, -0.2) is 75.3 Å². The first kappa shape index (κ1) is 29.4. The molecule has 2 unspecified atom stereocenters. The molecule has 0 saturated heterocycles. The molecule has 5 N–H and O–H groups in total. The number of carbonyl (C=O) groups is 2. The van der Waals surface area contributed by atoms with Crippen molar-refractivity contribution in [3.8, 4) is 34.5 Å². The molecule has 11 nitrogen and oxygen atoms in total. The number of fused-ring (bicyclic) bond motifs is 1. The van der Waals surface area contributed by atoms with Crippen molar-refractivity contribution in [1.82, 2.24) is 10.6 Å². The molecule has 11 heteroatoms. The molecule has 2 aromatic carbocycles. The molecular formula is C28H36N2O9. The van der Waals surface area contributed by atoms with Crippen LogP contribution >= 0.6 is 0 Å². The van der Waals surface area contributed by atoms with Gasteiger partial charge in [0.15, 0.2) is 23.0 Å². The normalized spacial score (nSPS) is 16.0. The van der Waals surface area contributed by atoms with Crippen LogP contribution in [-0.2, 0) is 9.59 Å². The fourth-order valence-electron chi connectivity index (χ4n) is 4.86. The molecule has 2 amide bonds. The number of nitrogens with one attached hydrogen (secondary N) is 2. The highest BCUT2D eigenvalue weighted by atomic mass is 16.5. The lowest BCUT2D eigenvalue weighted by molar-refractivity contribution is -0.119. The second-order valence-electron chi connectivity index (χ2n) is 9.05. The Kier molecular flexibility index (Phi) is 9.89. The van der Waals surface area contributed by atoms with Gasteiger partial charge < -0.3 is 44.9 Å². The van der Waals surface area contributed by atoms with Crippen LogP contribution in [0.2, 0.25) is 0 Å². The highest BCUT2D eigenvalue weighted by Crippen LogP contribution is 2.53. The summed E-state index contributed by atoms with van der Waals surface area (Å²) in [7, 11) is 5.62. The van der Waals surface area contributed by atoms with Crippen LogP contribution in [0.15, 0.2) is 23.8 Å². The zero-order valence-electron chi connectivity index (χ0n) is 22.8. The molecule has 2 aromatic rings. The van der Waals surface area contributed by atoms with E-state index in [0.717, 1.165) is 0 Å². The minimum Gasteiger partial charge on any atom is -0.502 e. The first-order chi connectivity index (χ1) is 18.7. The van der Waals surface area contributed by atoms with Crippen molar-refractivity contribution < 1.29 is 43.9 Å². The number of hydrogen-bond donors (Lipinski definition) is 5. The Hall–Kier alpha value is -4.12. The monoisotopic (exact) mass is 544 g/mol. The minimum atomic E-state index is -0.752. The molecule has 1 aliphatic rings. The van der Waals surface area contributed by atoms with E-state index in [1.807, 2.05) is 0 Å². The van der Waals surface area contributed by atoms with E-state index in [0.29, 0.717) is 48.2 Å². The molecule has 0 fully saturated rings.